The summed E-state index contributed by atoms with van der Waals surface area (Å²) in [6, 6.07) is 8.47. The second-order valence-corrected chi connectivity index (χ2v) is 13.5. The quantitative estimate of drug-likeness (QED) is 0.260. The topological polar surface area (TPSA) is 9.23 Å². The van der Waals surface area contributed by atoms with E-state index in [2.05, 4.69) is 74.8 Å². The molecule has 2 heteroatoms. The molecule has 0 aromatic heterocycles. The SMILES string of the molecule is CCCCC[C@H]1CC[C@H](/C=C/C#Cc2ccc(CO[Si](C)(C)C)cc2)CC1. The fraction of sp³-hybridized carbons (Fsp3) is 0.600. The lowest BCUT2D eigenvalue weighted by atomic mass is 9.79. The second kappa shape index (κ2) is 11.5. The number of hydrogen-bond donors (Lipinski definition) is 0. The van der Waals surface area contributed by atoms with E-state index in [-0.39, 0.29) is 0 Å². The largest absolute Gasteiger partial charge is 0.413 e. The summed E-state index contributed by atoms with van der Waals surface area (Å²) in [5.74, 6) is 8.20. The highest BCUT2D eigenvalue weighted by atomic mass is 28.4. The average Bonchev–Trinajstić information content (AvgIpc) is 2.65. The van der Waals surface area contributed by atoms with Gasteiger partial charge >= 0.3 is 0 Å². The summed E-state index contributed by atoms with van der Waals surface area (Å²) in [6.07, 6.45) is 15.5. The van der Waals surface area contributed by atoms with E-state index < -0.39 is 8.32 Å². The van der Waals surface area contributed by atoms with Crippen LogP contribution < -0.4 is 0 Å². The van der Waals surface area contributed by atoms with E-state index in [0.29, 0.717) is 6.61 Å². The van der Waals surface area contributed by atoms with Gasteiger partial charge in [0.15, 0.2) is 8.32 Å². The molecule has 1 aromatic carbocycles. The molecule has 0 aliphatic heterocycles. The molecule has 0 unspecified atom stereocenters. The first-order valence-corrected chi connectivity index (χ1v) is 14.3. The van der Waals surface area contributed by atoms with Gasteiger partial charge in [0.1, 0.15) is 0 Å². The van der Waals surface area contributed by atoms with Crippen molar-refractivity contribution >= 4 is 8.32 Å². The first kappa shape index (κ1) is 22.0. The first-order valence-electron chi connectivity index (χ1n) is 10.9. The molecule has 2 rings (SSSR count). The molecule has 1 aromatic rings. The van der Waals surface area contributed by atoms with Crippen LogP contribution in [0, 0.1) is 23.7 Å². The Morgan fingerprint density at radius 3 is 2.37 bits per heavy atom. The van der Waals surface area contributed by atoms with Crippen molar-refractivity contribution in [1.82, 2.24) is 0 Å². The molecule has 1 aliphatic carbocycles. The van der Waals surface area contributed by atoms with Gasteiger partial charge in [0.2, 0.25) is 0 Å². The number of rotatable bonds is 8. The van der Waals surface area contributed by atoms with E-state index in [1.165, 1.54) is 56.9 Å². The van der Waals surface area contributed by atoms with E-state index in [9.17, 15) is 0 Å². The number of allylic oxidation sites excluding steroid dienone is 2. The molecule has 1 fully saturated rings. The maximum atomic E-state index is 5.95. The van der Waals surface area contributed by atoms with E-state index in [4.69, 9.17) is 4.43 Å². The Morgan fingerprint density at radius 2 is 1.74 bits per heavy atom. The molecule has 0 spiro atoms. The van der Waals surface area contributed by atoms with Crippen LogP contribution in [0.15, 0.2) is 36.4 Å². The van der Waals surface area contributed by atoms with Gasteiger partial charge in [0.05, 0.1) is 6.61 Å². The average molecular weight is 383 g/mol. The summed E-state index contributed by atoms with van der Waals surface area (Å²) in [4.78, 5) is 0. The van der Waals surface area contributed by atoms with E-state index in [1.54, 1.807) is 0 Å². The molecule has 0 radical (unpaired) electrons. The third kappa shape index (κ3) is 9.45. The van der Waals surface area contributed by atoms with Gasteiger partial charge in [-0.2, -0.15) is 0 Å². The van der Waals surface area contributed by atoms with Crippen LogP contribution >= 0.6 is 0 Å². The summed E-state index contributed by atoms with van der Waals surface area (Å²) < 4.78 is 5.95. The predicted molar refractivity (Wildman–Crippen MR) is 120 cm³/mol. The molecule has 1 saturated carbocycles. The Hall–Kier alpha value is -1.30. The van der Waals surface area contributed by atoms with Crippen molar-refractivity contribution in [3.8, 4) is 11.8 Å². The van der Waals surface area contributed by atoms with Crippen LogP contribution in [0.4, 0.5) is 0 Å². The summed E-state index contributed by atoms with van der Waals surface area (Å²) in [7, 11) is -1.45. The molecular formula is C25H38OSi. The molecule has 0 bridgehead atoms. The molecule has 0 saturated heterocycles. The summed E-state index contributed by atoms with van der Waals surface area (Å²) in [5.41, 5.74) is 2.31. The van der Waals surface area contributed by atoms with Crippen molar-refractivity contribution < 1.29 is 4.43 Å². The Bertz CT molecular complexity index is 619. The maximum absolute atomic E-state index is 5.95. The van der Waals surface area contributed by atoms with Gasteiger partial charge in [-0.1, -0.05) is 62.7 Å². The van der Waals surface area contributed by atoms with Crippen LogP contribution in [0.5, 0.6) is 0 Å². The van der Waals surface area contributed by atoms with Crippen LogP contribution in [0.3, 0.4) is 0 Å². The van der Waals surface area contributed by atoms with Crippen molar-refractivity contribution in [3.05, 3.63) is 47.5 Å². The number of benzene rings is 1. The highest BCUT2D eigenvalue weighted by molar-refractivity contribution is 6.69. The lowest BCUT2D eigenvalue weighted by Crippen LogP contribution is -2.24. The van der Waals surface area contributed by atoms with Gasteiger partial charge in [-0.25, -0.2) is 0 Å². The van der Waals surface area contributed by atoms with Crippen molar-refractivity contribution in [1.29, 1.82) is 0 Å². The zero-order valence-corrected chi connectivity index (χ0v) is 18.9. The van der Waals surface area contributed by atoms with Crippen LogP contribution in [-0.2, 0) is 11.0 Å². The minimum Gasteiger partial charge on any atom is -0.413 e. The van der Waals surface area contributed by atoms with Gasteiger partial charge < -0.3 is 4.43 Å². The highest BCUT2D eigenvalue weighted by Gasteiger charge is 2.18. The van der Waals surface area contributed by atoms with E-state index in [0.717, 1.165) is 17.4 Å². The summed E-state index contributed by atoms with van der Waals surface area (Å²) >= 11 is 0. The second-order valence-electron chi connectivity index (χ2n) is 9.00. The highest BCUT2D eigenvalue weighted by Crippen LogP contribution is 2.32. The fourth-order valence-electron chi connectivity index (χ4n) is 3.65. The molecule has 27 heavy (non-hydrogen) atoms. The molecule has 0 amide bonds. The Labute approximate surface area is 168 Å². The zero-order valence-electron chi connectivity index (χ0n) is 17.9. The molecule has 0 atom stereocenters. The monoisotopic (exact) mass is 382 g/mol. The standard InChI is InChI=1S/C25H38OSi/c1-5-6-7-10-22-13-15-23(16-14-22)11-8-9-12-24-17-19-25(20-18-24)21-26-27(2,3)4/h8,11,17-20,22-23H,5-7,10,13-16,21H2,1-4H3/b11-8+/t22-,23-. The Kier molecular flexibility index (Phi) is 9.38. The third-order valence-corrected chi connectivity index (χ3v) is 6.41. The van der Waals surface area contributed by atoms with Gasteiger partial charge in [-0.3, -0.25) is 0 Å². The Balaban J connectivity index is 1.72. The van der Waals surface area contributed by atoms with E-state index >= 15 is 0 Å². The van der Waals surface area contributed by atoms with Crippen LogP contribution in [-0.4, -0.2) is 8.32 Å². The molecular weight excluding hydrogens is 344 g/mol. The number of unbranched alkanes of at least 4 members (excludes halogenated alkanes) is 2. The van der Waals surface area contributed by atoms with E-state index in [1.807, 2.05) is 0 Å². The molecule has 1 nitrogen and oxygen atoms in total. The normalized spacial score (nSPS) is 20.4. The van der Waals surface area contributed by atoms with Gasteiger partial charge in [-0.05, 0) is 80.9 Å². The van der Waals surface area contributed by atoms with Crippen LogP contribution in [0.2, 0.25) is 19.6 Å². The number of hydrogen-bond acceptors (Lipinski definition) is 1. The molecule has 0 heterocycles. The summed E-state index contributed by atoms with van der Waals surface area (Å²) in [5, 5.41) is 0. The van der Waals surface area contributed by atoms with Crippen molar-refractivity contribution in [2.75, 3.05) is 0 Å². The van der Waals surface area contributed by atoms with Crippen LogP contribution in [0.1, 0.15) is 69.4 Å². The molecule has 1 aliphatic rings. The minimum absolute atomic E-state index is 0.713. The predicted octanol–water partition coefficient (Wildman–Crippen LogP) is 7.33. The first-order chi connectivity index (χ1) is 13.0. The van der Waals surface area contributed by atoms with Gasteiger partial charge in [-0.15, -0.1) is 0 Å². The fourth-order valence-corrected chi connectivity index (χ4v) is 4.25. The lowest BCUT2D eigenvalue weighted by molar-refractivity contribution is 0.289. The van der Waals surface area contributed by atoms with Crippen molar-refractivity contribution in [3.63, 3.8) is 0 Å². The zero-order chi connectivity index (χ0) is 19.5. The minimum atomic E-state index is -1.45. The third-order valence-electron chi connectivity index (χ3n) is 5.40. The summed E-state index contributed by atoms with van der Waals surface area (Å²) in [6.45, 7) is 9.67. The molecule has 148 valence electrons. The lowest BCUT2D eigenvalue weighted by Gasteiger charge is -2.26. The van der Waals surface area contributed by atoms with Crippen molar-refractivity contribution in [2.24, 2.45) is 11.8 Å². The van der Waals surface area contributed by atoms with Gasteiger partial charge in [0.25, 0.3) is 0 Å². The van der Waals surface area contributed by atoms with Crippen molar-refractivity contribution in [2.45, 2.75) is 84.5 Å². The van der Waals surface area contributed by atoms with Crippen LogP contribution in [0.25, 0.3) is 0 Å². The van der Waals surface area contributed by atoms with Gasteiger partial charge in [0, 0.05) is 5.56 Å². The Morgan fingerprint density at radius 1 is 1.04 bits per heavy atom. The maximum Gasteiger partial charge on any atom is 0.184 e. The smallest absolute Gasteiger partial charge is 0.184 e. The molecule has 0 N–H and O–H groups in total.